The van der Waals surface area contributed by atoms with Crippen molar-refractivity contribution >= 4 is 11.6 Å². The van der Waals surface area contributed by atoms with Gasteiger partial charge in [-0.3, -0.25) is 0 Å². The molecule has 0 saturated heterocycles. The van der Waals surface area contributed by atoms with Crippen molar-refractivity contribution < 1.29 is 5.11 Å². The third kappa shape index (κ3) is 2.34. The summed E-state index contributed by atoms with van der Waals surface area (Å²) in [5, 5.41) is 9.67. The highest BCUT2D eigenvalue weighted by atomic mass is 35.5. The Balaban J connectivity index is 2.50. The van der Waals surface area contributed by atoms with Crippen molar-refractivity contribution in [1.29, 1.82) is 0 Å². The van der Waals surface area contributed by atoms with Crippen LogP contribution in [0.15, 0.2) is 30.6 Å². The molecule has 3 N–H and O–H groups in total. The van der Waals surface area contributed by atoms with E-state index in [1.807, 2.05) is 29.9 Å². The highest BCUT2D eigenvalue weighted by Gasteiger charge is 2.12. The average Bonchev–Trinajstić information content (AvgIpc) is 2.75. The summed E-state index contributed by atoms with van der Waals surface area (Å²) in [7, 11) is 1.90. The van der Waals surface area contributed by atoms with Crippen LogP contribution in [0.4, 0.5) is 0 Å². The first-order chi connectivity index (χ1) is 8.13. The predicted octanol–water partition coefficient (Wildman–Crippen LogP) is 1.73. The molecule has 1 atom stereocenters. The van der Waals surface area contributed by atoms with Gasteiger partial charge in [-0.2, -0.15) is 0 Å². The molecule has 0 aliphatic carbocycles. The van der Waals surface area contributed by atoms with Crippen LogP contribution in [0.25, 0.3) is 11.4 Å². The quantitative estimate of drug-likeness (QED) is 0.873. The molecule has 2 rings (SSSR count). The van der Waals surface area contributed by atoms with Crippen molar-refractivity contribution in [3.8, 4) is 11.4 Å². The number of hydrogen-bond acceptors (Lipinski definition) is 3. The molecule has 0 aliphatic rings. The zero-order valence-corrected chi connectivity index (χ0v) is 10.2. The summed E-state index contributed by atoms with van der Waals surface area (Å²) in [6.45, 7) is -0.0956. The lowest BCUT2D eigenvalue weighted by molar-refractivity contribution is 0.268. The van der Waals surface area contributed by atoms with Gasteiger partial charge in [-0.25, -0.2) is 4.98 Å². The Labute approximate surface area is 105 Å². The Morgan fingerprint density at radius 1 is 1.53 bits per heavy atom. The molecule has 0 spiro atoms. The molecule has 5 heteroatoms. The van der Waals surface area contributed by atoms with Crippen molar-refractivity contribution in [2.75, 3.05) is 6.61 Å². The van der Waals surface area contributed by atoms with Gasteiger partial charge in [0, 0.05) is 25.0 Å². The van der Waals surface area contributed by atoms with Crippen LogP contribution in [0.5, 0.6) is 0 Å². The zero-order chi connectivity index (χ0) is 12.4. The van der Waals surface area contributed by atoms with Crippen LogP contribution < -0.4 is 5.73 Å². The van der Waals surface area contributed by atoms with E-state index in [0.717, 1.165) is 17.0 Å². The Bertz CT molecular complexity index is 524. The molecule has 1 heterocycles. The maximum atomic E-state index is 9.05. The maximum Gasteiger partial charge on any atom is 0.141 e. The van der Waals surface area contributed by atoms with Crippen molar-refractivity contribution in [1.82, 2.24) is 9.55 Å². The largest absolute Gasteiger partial charge is 0.394 e. The minimum Gasteiger partial charge on any atom is -0.394 e. The molecule has 2 aromatic rings. The van der Waals surface area contributed by atoms with Gasteiger partial charge in [-0.1, -0.05) is 17.7 Å². The highest BCUT2D eigenvalue weighted by Crippen LogP contribution is 2.28. The second-order valence-corrected chi connectivity index (χ2v) is 4.30. The number of aromatic nitrogens is 2. The first-order valence-corrected chi connectivity index (χ1v) is 5.65. The van der Waals surface area contributed by atoms with E-state index in [9.17, 15) is 0 Å². The van der Waals surface area contributed by atoms with Gasteiger partial charge in [-0.05, 0) is 17.7 Å². The normalized spacial score (nSPS) is 12.7. The lowest BCUT2D eigenvalue weighted by atomic mass is 10.0. The first kappa shape index (κ1) is 12.1. The molecule has 0 radical (unpaired) electrons. The third-order valence-corrected chi connectivity index (χ3v) is 3.01. The number of hydrogen-bond donors (Lipinski definition) is 2. The van der Waals surface area contributed by atoms with E-state index in [2.05, 4.69) is 4.98 Å². The zero-order valence-electron chi connectivity index (χ0n) is 9.47. The van der Waals surface area contributed by atoms with Crippen molar-refractivity contribution in [3.63, 3.8) is 0 Å². The molecule has 1 aromatic heterocycles. The molecular weight excluding hydrogens is 238 g/mol. The fourth-order valence-electron chi connectivity index (χ4n) is 1.68. The fraction of sp³-hybridized carbons (Fsp3) is 0.250. The molecule has 90 valence electrons. The van der Waals surface area contributed by atoms with E-state index in [1.165, 1.54) is 0 Å². The molecule has 17 heavy (non-hydrogen) atoms. The number of benzene rings is 1. The number of halogens is 1. The molecule has 1 aromatic carbocycles. The van der Waals surface area contributed by atoms with Gasteiger partial charge in [0.05, 0.1) is 17.7 Å². The average molecular weight is 252 g/mol. The first-order valence-electron chi connectivity index (χ1n) is 5.27. The van der Waals surface area contributed by atoms with Crippen LogP contribution in [-0.2, 0) is 7.05 Å². The topological polar surface area (TPSA) is 64.1 Å². The summed E-state index contributed by atoms with van der Waals surface area (Å²) < 4.78 is 1.88. The van der Waals surface area contributed by atoms with Gasteiger partial charge in [0.1, 0.15) is 5.82 Å². The molecule has 0 aliphatic heterocycles. The van der Waals surface area contributed by atoms with E-state index in [-0.39, 0.29) is 6.61 Å². The lowest BCUT2D eigenvalue weighted by Gasteiger charge is -2.11. The van der Waals surface area contributed by atoms with Crippen LogP contribution in [-0.4, -0.2) is 21.3 Å². The molecular formula is C12H14ClN3O. The van der Waals surface area contributed by atoms with E-state index < -0.39 is 6.04 Å². The van der Waals surface area contributed by atoms with Crippen LogP contribution in [0, 0.1) is 0 Å². The van der Waals surface area contributed by atoms with Gasteiger partial charge in [-0.15, -0.1) is 0 Å². The van der Waals surface area contributed by atoms with Crippen LogP contribution in [0.3, 0.4) is 0 Å². The summed E-state index contributed by atoms with van der Waals surface area (Å²) in [6.07, 6.45) is 3.56. The van der Waals surface area contributed by atoms with E-state index >= 15 is 0 Å². The minimum atomic E-state index is -0.397. The lowest BCUT2D eigenvalue weighted by Crippen LogP contribution is -2.14. The fourth-order valence-corrected chi connectivity index (χ4v) is 1.88. The summed E-state index contributed by atoms with van der Waals surface area (Å²) in [4.78, 5) is 4.25. The molecule has 4 nitrogen and oxygen atoms in total. The molecule has 0 fully saturated rings. The Morgan fingerprint density at radius 2 is 2.29 bits per heavy atom. The predicted molar refractivity (Wildman–Crippen MR) is 67.7 cm³/mol. The smallest absolute Gasteiger partial charge is 0.141 e. The van der Waals surface area contributed by atoms with Crippen LogP contribution in [0.1, 0.15) is 11.6 Å². The van der Waals surface area contributed by atoms with Gasteiger partial charge in [0.15, 0.2) is 0 Å². The van der Waals surface area contributed by atoms with Crippen LogP contribution in [0.2, 0.25) is 5.02 Å². The number of aryl methyl sites for hydroxylation is 1. The number of aliphatic hydroxyl groups is 1. The number of nitrogens with two attached hydrogens (primary N) is 1. The summed E-state index contributed by atoms with van der Waals surface area (Å²) in [5.41, 5.74) is 7.45. The van der Waals surface area contributed by atoms with Crippen molar-refractivity contribution in [2.24, 2.45) is 12.8 Å². The number of rotatable bonds is 3. The molecule has 0 saturated carbocycles. The standard InChI is InChI=1S/C12H14ClN3O/c1-16-5-4-15-12(16)9-6-8(11(14)7-17)2-3-10(9)13/h2-6,11,17H,7,14H2,1H3/t11-/m1/s1. The van der Waals surface area contributed by atoms with Crippen molar-refractivity contribution in [3.05, 3.63) is 41.2 Å². The van der Waals surface area contributed by atoms with Gasteiger partial charge in [0.2, 0.25) is 0 Å². The van der Waals surface area contributed by atoms with Crippen molar-refractivity contribution in [2.45, 2.75) is 6.04 Å². The Kier molecular flexibility index (Phi) is 3.47. The van der Waals surface area contributed by atoms with E-state index in [1.54, 1.807) is 12.3 Å². The summed E-state index contributed by atoms with van der Waals surface area (Å²) in [6, 6.07) is 5.06. The molecule has 0 bridgehead atoms. The number of aliphatic hydroxyl groups excluding tert-OH is 1. The Hall–Kier alpha value is -1.36. The van der Waals surface area contributed by atoms with Gasteiger partial charge >= 0.3 is 0 Å². The number of nitrogens with zero attached hydrogens (tertiary/aromatic N) is 2. The van der Waals surface area contributed by atoms with E-state index in [4.69, 9.17) is 22.4 Å². The summed E-state index contributed by atoms with van der Waals surface area (Å²) in [5.74, 6) is 0.780. The van der Waals surface area contributed by atoms with E-state index in [0.29, 0.717) is 5.02 Å². The Morgan fingerprint density at radius 3 is 2.88 bits per heavy atom. The number of imidazole rings is 1. The third-order valence-electron chi connectivity index (χ3n) is 2.68. The minimum absolute atomic E-state index is 0.0956. The highest BCUT2D eigenvalue weighted by molar-refractivity contribution is 6.33. The SMILES string of the molecule is Cn1ccnc1-c1cc([C@H](N)CO)ccc1Cl. The maximum absolute atomic E-state index is 9.05. The van der Waals surface area contributed by atoms with Gasteiger partial charge in [0.25, 0.3) is 0 Å². The van der Waals surface area contributed by atoms with Crippen LogP contribution >= 0.6 is 11.6 Å². The van der Waals surface area contributed by atoms with Gasteiger partial charge < -0.3 is 15.4 Å². The molecule has 0 unspecified atom stereocenters. The second-order valence-electron chi connectivity index (χ2n) is 3.89. The monoisotopic (exact) mass is 251 g/mol. The second kappa shape index (κ2) is 4.87. The molecule has 0 amide bonds. The summed E-state index contributed by atoms with van der Waals surface area (Å²) >= 11 is 6.15.